The number of ether oxygens (including phenoxy) is 2. The largest absolute Gasteiger partial charge is 0.497 e. The lowest BCUT2D eigenvalue weighted by Gasteiger charge is -2.26. The Hall–Kier alpha value is -3.32. The molecular weight excluding hydrogens is 414 g/mol. The second-order valence-corrected chi connectivity index (χ2v) is 8.64. The number of amides is 1. The highest BCUT2D eigenvalue weighted by atomic mass is 32.1. The summed E-state index contributed by atoms with van der Waals surface area (Å²) >= 11 is 1.21. The number of anilines is 1. The fourth-order valence-corrected chi connectivity index (χ4v) is 5.09. The quantitative estimate of drug-likeness (QED) is 0.541. The number of carboxylic acids is 1. The summed E-state index contributed by atoms with van der Waals surface area (Å²) in [6.45, 7) is 3.90. The lowest BCUT2D eigenvalue weighted by atomic mass is 9.88. The number of aromatic carboxylic acids is 1. The first kappa shape index (κ1) is 20.9. The molecule has 0 spiro atoms. The summed E-state index contributed by atoms with van der Waals surface area (Å²) in [7, 11) is 1.58. The van der Waals surface area contributed by atoms with Crippen molar-refractivity contribution < 1.29 is 24.2 Å². The van der Waals surface area contributed by atoms with Crippen LogP contribution >= 0.6 is 11.3 Å². The Balaban J connectivity index is 1.89. The number of carboxylic acid groups (broad SMARTS) is 1. The molecule has 6 nitrogen and oxygen atoms in total. The smallest absolute Gasteiger partial charge is 0.346 e. The first-order chi connectivity index (χ1) is 14.9. The average Bonchev–Trinajstić information content (AvgIpc) is 3.13. The van der Waals surface area contributed by atoms with Gasteiger partial charge in [-0.05, 0) is 37.6 Å². The van der Waals surface area contributed by atoms with Gasteiger partial charge in [-0.1, -0.05) is 30.3 Å². The number of hydrogen-bond donors (Lipinski definition) is 2. The molecule has 0 fully saturated rings. The molecule has 2 aromatic carbocycles. The SMILES string of the molecule is COc1ccc(-c2c(C(=O)O)sc3c2NC(=O)C[C@@H]3c2ccccc2OC(C)C)cc1. The predicted molar refractivity (Wildman–Crippen MR) is 121 cm³/mol. The first-order valence-electron chi connectivity index (χ1n) is 9.98. The van der Waals surface area contributed by atoms with E-state index in [2.05, 4.69) is 5.32 Å². The molecule has 0 unspecified atom stereocenters. The second kappa shape index (κ2) is 8.43. The van der Waals surface area contributed by atoms with E-state index >= 15 is 0 Å². The molecule has 2 heterocycles. The molecule has 0 saturated carbocycles. The lowest BCUT2D eigenvalue weighted by Crippen LogP contribution is -2.23. The van der Waals surface area contributed by atoms with Gasteiger partial charge in [-0.2, -0.15) is 0 Å². The number of thiophene rings is 1. The van der Waals surface area contributed by atoms with Crippen LogP contribution in [0, 0.1) is 0 Å². The van der Waals surface area contributed by atoms with E-state index in [0.717, 1.165) is 10.4 Å². The third kappa shape index (κ3) is 4.01. The molecule has 7 heteroatoms. The zero-order chi connectivity index (χ0) is 22.1. The number of carbonyl (C=O) groups is 2. The van der Waals surface area contributed by atoms with Gasteiger partial charge in [0, 0.05) is 28.3 Å². The molecule has 1 atom stereocenters. The molecule has 1 aliphatic rings. The molecule has 4 rings (SSSR count). The molecule has 1 aromatic heterocycles. The molecule has 1 aliphatic heterocycles. The Morgan fingerprint density at radius 2 is 1.87 bits per heavy atom. The van der Waals surface area contributed by atoms with Gasteiger partial charge in [0.1, 0.15) is 16.4 Å². The average molecular weight is 438 g/mol. The number of hydrogen-bond acceptors (Lipinski definition) is 5. The van der Waals surface area contributed by atoms with Crippen LogP contribution in [0.15, 0.2) is 48.5 Å². The Kier molecular flexibility index (Phi) is 5.69. The summed E-state index contributed by atoms with van der Waals surface area (Å²) in [6.07, 6.45) is 0.207. The van der Waals surface area contributed by atoms with Crippen LogP contribution in [-0.4, -0.2) is 30.2 Å². The maximum atomic E-state index is 12.7. The number of benzene rings is 2. The molecular formula is C24H23NO5S. The third-order valence-corrected chi connectivity index (χ3v) is 6.43. The van der Waals surface area contributed by atoms with E-state index in [1.165, 1.54) is 11.3 Å². The van der Waals surface area contributed by atoms with Crippen LogP contribution in [0.25, 0.3) is 11.1 Å². The number of carbonyl (C=O) groups excluding carboxylic acids is 1. The molecule has 0 aliphatic carbocycles. The number of fused-ring (bicyclic) bond motifs is 1. The lowest BCUT2D eigenvalue weighted by molar-refractivity contribution is -0.116. The summed E-state index contributed by atoms with van der Waals surface area (Å²) in [5.41, 5.74) is 2.68. The second-order valence-electron chi connectivity index (χ2n) is 7.59. The Labute approximate surface area is 184 Å². The van der Waals surface area contributed by atoms with E-state index in [4.69, 9.17) is 9.47 Å². The minimum absolute atomic E-state index is 0.0224. The number of para-hydroxylation sites is 1. The predicted octanol–water partition coefficient (Wildman–Crippen LogP) is 5.38. The van der Waals surface area contributed by atoms with Gasteiger partial charge in [-0.15, -0.1) is 11.3 Å². The fraction of sp³-hybridized carbons (Fsp3) is 0.250. The van der Waals surface area contributed by atoms with Crippen LogP contribution in [-0.2, 0) is 4.79 Å². The summed E-state index contributed by atoms with van der Waals surface area (Å²) in [4.78, 5) is 25.8. The van der Waals surface area contributed by atoms with E-state index in [9.17, 15) is 14.7 Å². The van der Waals surface area contributed by atoms with Crippen molar-refractivity contribution in [2.45, 2.75) is 32.3 Å². The van der Waals surface area contributed by atoms with Gasteiger partial charge in [-0.3, -0.25) is 4.79 Å². The van der Waals surface area contributed by atoms with Crippen molar-refractivity contribution in [3.05, 3.63) is 63.8 Å². The zero-order valence-electron chi connectivity index (χ0n) is 17.5. The van der Waals surface area contributed by atoms with E-state index in [1.807, 2.05) is 38.1 Å². The topological polar surface area (TPSA) is 84.9 Å². The van der Waals surface area contributed by atoms with Crippen molar-refractivity contribution in [1.29, 1.82) is 0 Å². The highest BCUT2D eigenvalue weighted by Gasteiger charge is 2.35. The maximum absolute atomic E-state index is 12.7. The van der Waals surface area contributed by atoms with Crippen molar-refractivity contribution in [2.24, 2.45) is 0 Å². The molecule has 0 radical (unpaired) electrons. The molecule has 160 valence electrons. The molecule has 3 aromatic rings. The number of methoxy groups -OCH3 is 1. The summed E-state index contributed by atoms with van der Waals surface area (Å²) < 4.78 is 11.2. The van der Waals surface area contributed by atoms with E-state index < -0.39 is 5.97 Å². The van der Waals surface area contributed by atoms with E-state index in [0.29, 0.717) is 28.3 Å². The van der Waals surface area contributed by atoms with Crippen LogP contribution in [0.4, 0.5) is 5.69 Å². The van der Waals surface area contributed by atoms with Crippen molar-refractivity contribution in [1.82, 2.24) is 0 Å². The van der Waals surface area contributed by atoms with Gasteiger partial charge in [0.15, 0.2) is 0 Å². The number of nitrogens with one attached hydrogen (secondary N) is 1. The summed E-state index contributed by atoms with van der Waals surface area (Å²) in [6, 6.07) is 14.8. The Bertz CT molecular complexity index is 1130. The Morgan fingerprint density at radius 1 is 1.16 bits per heavy atom. The van der Waals surface area contributed by atoms with Gasteiger partial charge < -0.3 is 19.9 Å². The van der Waals surface area contributed by atoms with E-state index in [-0.39, 0.29) is 29.2 Å². The Morgan fingerprint density at radius 3 is 2.52 bits per heavy atom. The minimum atomic E-state index is -1.02. The summed E-state index contributed by atoms with van der Waals surface area (Å²) in [5, 5.41) is 12.8. The van der Waals surface area contributed by atoms with Gasteiger partial charge in [0.2, 0.25) is 5.91 Å². The van der Waals surface area contributed by atoms with Crippen molar-refractivity contribution in [3.63, 3.8) is 0 Å². The highest BCUT2D eigenvalue weighted by Crippen LogP contribution is 2.50. The molecule has 31 heavy (non-hydrogen) atoms. The molecule has 1 amide bonds. The maximum Gasteiger partial charge on any atom is 0.346 e. The van der Waals surface area contributed by atoms with E-state index in [1.54, 1.807) is 31.4 Å². The van der Waals surface area contributed by atoms with Crippen LogP contribution in [0.2, 0.25) is 0 Å². The van der Waals surface area contributed by atoms with Crippen molar-refractivity contribution in [3.8, 4) is 22.6 Å². The van der Waals surface area contributed by atoms with Crippen LogP contribution in [0.1, 0.15) is 46.3 Å². The third-order valence-electron chi connectivity index (χ3n) is 5.14. The fourth-order valence-electron chi connectivity index (χ4n) is 3.85. The standard InChI is InChI=1S/C24H23NO5S/c1-13(2)30-18-7-5-4-6-16(18)17-12-19(26)25-21-20(23(24(27)28)31-22(17)21)14-8-10-15(29-3)11-9-14/h4-11,13,17H,12H2,1-3H3,(H,25,26)(H,27,28)/t17-/m1/s1. The van der Waals surface area contributed by atoms with Gasteiger partial charge in [0.05, 0.1) is 18.9 Å². The first-order valence-corrected chi connectivity index (χ1v) is 10.8. The molecule has 2 N–H and O–H groups in total. The zero-order valence-corrected chi connectivity index (χ0v) is 18.3. The number of rotatable bonds is 6. The highest BCUT2D eigenvalue weighted by molar-refractivity contribution is 7.15. The van der Waals surface area contributed by atoms with Crippen molar-refractivity contribution >= 4 is 28.9 Å². The normalized spacial score (nSPS) is 15.4. The van der Waals surface area contributed by atoms with Gasteiger partial charge in [0.25, 0.3) is 0 Å². The van der Waals surface area contributed by atoms with Gasteiger partial charge in [-0.25, -0.2) is 4.79 Å². The van der Waals surface area contributed by atoms with Crippen LogP contribution < -0.4 is 14.8 Å². The molecule has 0 saturated heterocycles. The van der Waals surface area contributed by atoms with Crippen molar-refractivity contribution in [2.75, 3.05) is 12.4 Å². The monoisotopic (exact) mass is 437 g/mol. The molecule has 0 bridgehead atoms. The van der Waals surface area contributed by atoms with Gasteiger partial charge >= 0.3 is 5.97 Å². The minimum Gasteiger partial charge on any atom is -0.497 e. The summed E-state index contributed by atoms with van der Waals surface area (Å²) in [5.74, 6) is -0.0779. The van der Waals surface area contributed by atoms with Crippen LogP contribution in [0.3, 0.4) is 0 Å². The van der Waals surface area contributed by atoms with Crippen LogP contribution in [0.5, 0.6) is 11.5 Å².